The first kappa shape index (κ1) is 23.2. The molecule has 0 unspecified atom stereocenters. The van der Waals surface area contributed by atoms with E-state index in [9.17, 15) is 0 Å². The van der Waals surface area contributed by atoms with E-state index in [1.807, 2.05) is 0 Å². The number of aliphatic carboxylic acids is 3. The van der Waals surface area contributed by atoms with Crippen molar-refractivity contribution >= 4 is 42.6 Å². The molecule has 0 atom stereocenters. The Hall–Kier alpha value is -0.907. The van der Waals surface area contributed by atoms with Crippen molar-refractivity contribution in [3.8, 4) is 0 Å². The van der Waals surface area contributed by atoms with Gasteiger partial charge in [-0.05, 0) is 0 Å². The van der Waals surface area contributed by atoms with Gasteiger partial charge in [-0.25, -0.2) is 0 Å². The molecule has 0 aliphatic carbocycles. The maximum absolute atomic E-state index is 9.00. The molecular formula is C6H12BiO7. The van der Waals surface area contributed by atoms with Gasteiger partial charge >= 0.3 is 27.5 Å². The number of carbonyl (C=O) groups is 3. The van der Waals surface area contributed by atoms with Gasteiger partial charge in [-0.15, -0.1) is 0 Å². The summed E-state index contributed by atoms with van der Waals surface area (Å²) in [4.78, 5) is 27.0. The Bertz CT molecular complexity index is 127. The molecule has 0 aliphatic rings. The molecule has 0 heterocycles. The Balaban J connectivity index is -0.0000000492. The fourth-order valence-electron chi connectivity index (χ4n) is 0. The molecule has 0 rings (SSSR count). The van der Waals surface area contributed by atoms with Gasteiger partial charge in [0.05, 0.1) is 0 Å². The van der Waals surface area contributed by atoms with E-state index < -0.39 is 17.9 Å². The van der Waals surface area contributed by atoms with Gasteiger partial charge in [-0.1, -0.05) is 0 Å². The summed E-state index contributed by atoms with van der Waals surface area (Å²) < 4.78 is 8.36. The predicted molar refractivity (Wildman–Crippen MR) is 46.4 cm³/mol. The SMILES string of the molecule is CC(=O)O.CC(=O)O.CC(=O)O.[O]=[Bi]. The Morgan fingerprint density at radius 3 is 0.714 bits per heavy atom. The Morgan fingerprint density at radius 1 is 0.714 bits per heavy atom. The van der Waals surface area contributed by atoms with Crippen LogP contribution in [0.4, 0.5) is 0 Å². The van der Waals surface area contributed by atoms with Gasteiger partial charge in [-0.2, -0.15) is 0 Å². The second kappa shape index (κ2) is 22.7. The van der Waals surface area contributed by atoms with E-state index in [4.69, 9.17) is 32.5 Å². The van der Waals surface area contributed by atoms with Crippen LogP contribution in [0.2, 0.25) is 0 Å². The fourth-order valence-corrected chi connectivity index (χ4v) is 0. The van der Waals surface area contributed by atoms with E-state index in [1.165, 1.54) is 0 Å². The number of carboxylic acid groups (broad SMARTS) is 3. The van der Waals surface area contributed by atoms with Crippen LogP contribution in [-0.2, 0) is 17.2 Å². The van der Waals surface area contributed by atoms with Crippen LogP contribution in [0.5, 0.6) is 0 Å². The van der Waals surface area contributed by atoms with Crippen LogP contribution in [-0.4, -0.2) is 58.0 Å². The van der Waals surface area contributed by atoms with E-state index in [2.05, 4.69) is 0 Å². The molecule has 0 aromatic rings. The molecule has 0 aromatic carbocycles. The Morgan fingerprint density at radius 2 is 0.714 bits per heavy atom. The summed E-state index contributed by atoms with van der Waals surface area (Å²) in [6, 6.07) is 0. The Kier molecular flexibility index (Phi) is 37.6. The van der Waals surface area contributed by atoms with E-state index in [1.54, 1.807) is 0 Å². The number of carboxylic acids is 3. The molecular weight excluding hydrogens is 393 g/mol. The van der Waals surface area contributed by atoms with Gasteiger partial charge in [0.25, 0.3) is 17.9 Å². The molecule has 1 radical (unpaired) electrons. The minimum atomic E-state index is -0.833. The molecule has 0 fully saturated rings. The third-order valence-corrected chi connectivity index (χ3v) is 0. The standard InChI is InChI=1S/3C2H4O2.Bi.O/c3*1-2(3)4;;/h3*1H3,(H,3,4);;. The fraction of sp³-hybridized carbons (Fsp3) is 0.500. The van der Waals surface area contributed by atoms with Gasteiger partial charge < -0.3 is 15.3 Å². The monoisotopic (exact) mass is 405 g/mol. The van der Waals surface area contributed by atoms with Crippen molar-refractivity contribution in [2.45, 2.75) is 20.8 Å². The van der Waals surface area contributed by atoms with Crippen LogP contribution in [0.1, 0.15) is 20.8 Å². The molecule has 0 saturated carbocycles. The molecule has 0 bridgehead atoms. The van der Waals surface area contributed by atoms with Crippen molar-refractivity contribution < 1.29 is 32.5 Å². The van der Waals surface area contributed by atoms with Crippen molar-refractivity contribution in [3.63, 3.8) is 0 Å². The van der Waals surface area contributed by atoms with Crippen molar-refractivity contribution in [2.75, 3.05) is 0 Å². The van der Waals surface area contributed by atoms with Crippen LogP contribution >= 0.6 is 0 Å². The normalized spacial score (nSPS) is 5.64. The molecule has 7 nitrogen and oxygen atoms in total. The van der Waals surface area contributed by atoms with Crippen molar-refractivity contribution in [1.82, 2.24) is 0 Å². The van der Waals surface area contributed by atoms with Gasteiger partial charge in [0.2, 0.25) is 0 Å². The summed E-state index contributed by atoms with van der Waals surface area (Å²) in [6.45, 7) is 3.25. The minimum absolute atomic E-state index is 0.194. The quantitative estimate of drug-likeness (QED) is 0.475. The van der Waals surface area contributed by atoms with Gasteiger partial charge in [-0.3, -0.25) is 14.4 Å². The summed E-state index contributed by atoms with van der Waals surface area (Å²) >= 11 is 0.194. The topological polar surface area (TPSA) is 129 Å². The van der Waals surface area contributed by atoms with E-state index in [0.29, 0.717) is 0 Å². The predicted octanol–water partition coefficient (Wildman–Crippen LogP) is -0.227. The molecule has 8 heteroatoms. The van der Waals surface area contributed by atoms with Gasteiger partial charge in [0.1, 0.15) is 0 Å². The van der Waals surface area contributed by atoms with Crippen molar-refractivity contribution in [2.24, 2.45) is 0 Å². The zero-order valence-electron chi connectivity index (χ0n) is 7.92. The number of rotatable bonds is 0. The molecule has 0 amide bonds. The van der Waals surface area contributed by atoms with Crippen LogP contribution in [0, 0.1) is 0 Å². The second-order valence-corrected chi connectivity index (χ2v) is 1.56. The van der Waals surface area contributed by atoms with Gasteiger partial charge in [0, 0.05) is 20.8 Å². The van der Waals surface area contributed by atoms with E-state index in [0.717, 1.165) is 20.8 Å². The molecule has 83 valence electrons. The summed E-state index contributed by atoms with van der Waals surface area (Å²) in [5.74, 6) is -2.50. The van der Waals surface area contributed by atoms with Crippen LogP contribution in [0.25, 0.3) is 0 Å². The average Bonchev–Trinajstić information content (AvgIpc) is 1.86. The third kappa shape index (κ3) is 1370. The molecule has 0 aliphatic heterocycles. The zero-order chi connectivity index (χ0) is 12.7. The van der Waals surface area contributed by atoms with Crippen molar-refractivity contribution in [1.29, 1.82) is 0 Å². The molecule has 14 heavy (non-hydrogen) atoms. The molecule has 3 N–H and O–H groups in total. The third-order valence-electron chi connectivity index (χ3n) is 0. The van der Waals surface area contributed by atoms with Crippen LogP contribution in [0.15, 0.2) is 0 Å². The Labute approximate surface area is 96.0 Å². The molecule has 0 aromatic heterocycles. The van der Waals surface area contributed by atoms with Crippen LogP contribution in [0.3, 0.4) is 0 Å². The molecule has 0 saturated heterocycles. The number of hydrogen-bond donors (Lipinski definition) is 3. The average molecular weight is 405 g/mol. The van der Waals surface area contributed by atoms with E-state index >= 15 is 0 Å². The van der Waals surface area contributed by atoms with Crippen LogP contribution < -0.4 is 0 Å². The first-order valence-corrected chi connectivity index (χ1v) is 4.39. The molecule has 0 spiro atoms. The number of hydrogen-bond acceptors (Lipinski definition) is 4. The summed E-state index contributed by atoms with van der Waals surface area (Å²) in [7, 11) is 0. The summed E-state index contributed by atoms with van der Waals surface area (Å²) in [5.41, 5.74) is 0. The first-order chi connectivity index (χ1) is 6.20. The zero-order valence-corrected chi connectivity index (χ0v) is 11.4. The van der Waals surface area contributed by atoms with Gasteiger partial charge in [0.15, 0.2) is 0 Å². The van der Waals surface area contributed by atoms with Crippen molar-refractivity contribution in [3.05, 3.63) is 0 Å². The second-order valence-electron chi connectivity index (χ2n) is 1.56. The first-order valence-electron chi connectivity index (χ1n) is 2.97. The summed E-state index contributed by atoms with van der Waals surface area (Å²) in [5, 5.41) is 22.2. The summed E-state index contributed by atoms with van der Waals surface area (Å²) in [6.07, 6.45) is 0. The van der Waals surface area contributed by atoms with E-state index in [-0.39, 0.29) is 24.7 Å². The maximum atomic E-state index is 9.00.